The molecule has 0 heterocycles. The van der Waals surface area contributed by atoms with Crippen LogP contribution in [-0.2, 0) is 4.79 Å². The molecule has 15 heavy (non-hydrogen) atoms. The van der Waals surface area contributed by atoms with E-state index >= 15 is 0 Å². The summed E-state index contributed by atoms with van der Waals surface area (Å²) in [7, 11) is 0. The van der Waals surface area contributed by atoms with Gasteiger partial charge in [0, 0.05) is 30.6 Å². The van der Waals surface area contributed by atoms with Gasteiger partial charge in [0.05, 0.1) is 0 Å². The van der Waals surface area contributed by atoms with Crippen molar-refractivity contribution < 1.29 is 4.79 Å². The molecule has 0 aromatic carbocycles. The maximum absolute atomic E-state index is 10.8. The number of hydrogen-bond acceptors (Lipinski definition) is 3. The van der Waals surface area contributed by atoms with Gasteiger partial charge in [-0.3, -0.25) is 4.79 Å². The van der Waals surface area contributed by atoms with Crippen LogP contribution < -0.4 is 16.4 Å². The molecular formula is C11H25N3O. The number of carbonyl (C=O) groups is 1. The molecule has 4 nitrogen and oxygen atoms in total. The molecular weight excluding hydrogens is 190 g/mol. The molecule has 0 radical (unpaired) electrons. The zero-order chi connectivity index (χ0) is 12.1. The fourth-order valence-electron chi connectivity index (χ4n) is 1.34. The molecule has 0 bridgehead atoms. The van der Waals surface area contributed by atoms with Crippen molar-refractivity contribution in [2.45, 2.75) is 52.1 Å². The van der Waals surface area contributed by atoms with Crippen LogP contribution in [-0.4, -0.2) is 30.1 Å². The Kier molecular flexibility index (Phi) is 5.24. The van der Waals surface area contributed by atoms with E-state index in [1.165, 1.54) is 0 Å². The fourth-order valence-corrected chi connectivity index (χ4v) is 1.34. The van der Waals surface area contributed by atoms with Crippen LogP contribution in [0.25, 0.3) is 0 Å². The van der Waals surface area contributed by atoms with E-state index in [1.807, 2.05) is 13.8 Å². The summed E-state index contributed by atoms with van der Waals surface area (Å²) in [5, 5.41) is 6.67. The standard InChI is InChI=1S/C11H25N3O/c1-10(2,3)13-6-7-14-11(4,5)8-9(12)15/h13-14H,6-8H2,1-5H3,(H2,12,15). The Morgan fingerprint density at radius 1 is 1.07 bits per heavy atom. The molecule has 90 valence electrons. The van der Waals surface area contributed by atoms with Crippen LogP contribution >= 0.6 is 0 Å². The van der Waals surface area contributed by atoms with Crippen LogP contribution in [0.2, 0.25) is 0 Å². The predicted octanol–water partition coefficient (Wildman–Crippen LogP) is 0.618. The summed E-state index contributed by atoms with van der Waals surface area (Å²) in [6.45, 7) is 12.1. The van der Waals surface area contributed by atoms with E-state index in [0.29, 0.717) is 6.42 Å². The van der Waals surface area contributed by atoms with E-state index in [0.717, 1.165) is 13.1 Å². The quantitative estimate of drug-likeness (QED) is 0.569. The number of nitrogens with one attached hydrogen (secondary N) is 2. The summed E-state index contributed by atoms with van der Waals surface area (Å²) in [4.78, 5) is 10.8. The highest BCUT2D eigenvalue weighted by molar-refractivity contribution is 5.74. The van der Waals surface area contributed by atoms with Gasteiger partial charge < -0.3 is 16.4 Å². The van der Waals surface area contributed by atoms with E-state index in [4.69, 9.17) is 5.73 Å². The molecule has 0 unspecified atom stereocenters. The van der Waals surface area contributed by atoms with E-state index < -0.39 is 0 Å². The van der Waals surface area contributed by atoms with Crippen molar-refractivity contribution >= 4 is 5.91 Å². The van der Waals surface area contributed by atoms with Gasteiger partial charge in [-0.05, 0) is 34.6 Å². The smallest absolute Gasteiger partial charge is 0.219 e. The van der Waals surface area contributed by atoms with Gasteiger partial charge in [-0.1, -0.05) is 0 Å². The Morgan fingerprint density at radius 3 is 1.93 bits per heavy atom. The van der Waals surface area contributed by atoms with Crippen LogP contribution in [0.1, 0.15) is 41.0 Å². The molecule has 0 fully saturated rings. The second-order valence-electron chi connectivity index (χ2n) is 5.63. The van der Waals surface area contributed by atoms with Crippen molar-refractivity contribution in [2.75, 3.05) is 13.1 Å². The van der Waals surface area contributed by atoms with Crippen LogP contribution in [0, 0.1) is 0 Å². The first-order chi connectivity index (χ1) is 6.62. The van der Waals surface area contributed by atoms with E-state index in [2.05, 4.69) is 31.4 Å². The lowest BCUT2D eigenvalue weighted by Gasteiger charge is -2.27. The second kappa shape index (κ2) is 5.47. The number of carbonyl (C=O) groups excluding carboxylic acids is 1. The minimum atomic E-state index is -0.267. The Morgan fingerprint density at radius 2 is 1.53 bits per heavy atom. The lowest BCUT2D eigenvalue weighted by molar-refractivity contribution is -0.119. The minimum Gasteiger partial charge on any atom is -0.370 e. The molecule has 0 saturated carbocycles. The van der Waals surface area contributed by atoms with Crippen molar-refractivity contribution in [1.82, 2.24) is 10.6 Å². The normalized spacial score (nSPS) is 12.9. The molecule has 4 N–H and O–H groups in total. The molecule has 0 atom stereocenters. The van der Waals surface area contributed by atoms with Gasteiger partial charge in [0.2, 0.25) is 5.91 Å². The Balaban J connectivity index is 3.71. The lowest BCUT2D eigenvalue weighted by Crippen LogP contribution is -2.47. The number of primary amides is 1. The lowest BCUT2D eigenvalue weighted by atomic mass is 10.0. The van der Waals surface area contributed by atoms with Gasteiger partial charge in [0.25, 0.3) is 0 Å². The summed E-state index contributed by atoms with van der Waals surface area (Å²) in [5.74, 6) is -0.267. The second-order valence-corrected chi connectivity index (χ2v) is 5.63. The predicted molar refractivity (Wildman–Crippen MR) is 63.6 cm³/mol. The number of rotatable bonds is 6. The number of nitrogens with two attached hydrogens (primary N) is 1. The zero-order valence-corrected chi connectivity index (χ0v) is 10.6. The van der Waals surface area contributed by atoms with Crippen LogP contribution in [0.15, 0.2) is 0 Å². The van der Waals surface area contributed by atoms with Crippen molar-refractivity contribution in [3.8, 4) is 0 Å². The third-order valence-electron chi connectivity index (χ3n) is 2.00. The first-order valence-corrected chi connectivity index (χ1v) is 5.41. The maximum Gasteiger partial charge on any atom is 0.219 e. The van der Waals surface area contributed by atoms with Crippen LogP contribution in [0.4, 0.5) is 0 Å². The zero-order valence-electron chi connectivity index (χ0n) is 10.6. The molecule has 0 aromatic rings. The molecule has 0 aliphatic rings. The molecule has 0 aliphatic heterocycles. The van der Waals surface area contributed by atoms with E-state index in [1.54, 1.807) is 0 Å². The highest BCUT2D eigenvalue weighted by Crippen LogP contribution is 2.06. The molecule has 1 amide bonds. The summed E-state index contributed by atoms with van der Waals surface area (Å²) in [6.07, 6.45) is 0.364. The van der Waals surface area contributed by atoms with Crippen molar-refractivity contribution in [2.24, 2.45) is 5.73 Å². The van der Waals surface area contributed by atoms with Gasteiger partial charge in [0.1, 0.15) is 0 Å². The third kappa shape index (κ3) is 9.69. The number of hydrogen-bond donors (Lipinski definition) is 3. The van der Waals surface area contributed by atoms with Crippen LogP contribution in [0.3, 0.4) is 0 Å². The Bertz CT molecular complexity index is 206. The van der Waals surface area contributed by atoms with Gasteiger partial charge in [-0.15, -0.1) is 0 Å². The SMILES string of the molecule is CC(C)(C)NCCNC(C)(C)CC(N)=O. The Hall–Kier alpha value is -0.610. The summed E-state index contributed by atoms with van der Waals surface area (Å²) >= 11 is 0. The van der Waals surface area contributed by atoms with Crippen molar-refractivity contribution in [3.05, 3.63) is 0 Å². The molecule has 0 spiro atoms. The maximum atomic E-state index is 10.8. The average molecular weight is 215 g/mol. The van der Waals surface area contributed by atoms with Crippen LogP contribution in [0.5, 0.6) is 0 Å². The van der Waals surface area contributed by atoms with Gasteiger partial charge >= 0.3 is 0 Å². The molecule has 0 rings (SSSR count). The average Bonchev–Trinajstić information content (AvgIpc) is 1.93. The van der Waals surface area contributed by atoms with Gasteiger partial charge in [-0.25, -0.2) is 0 Å². The van der Waals surface area contributed by atoms with Gasteiger partial charge in [-0.2, -0.15) is 0 Å². The largest absolute Gasteiger partial charge is 0.370 e. The highest BCUT2D eigenvalue weighted by Gasteiger charge is 2.19. The minimum absolute atomic E-state index is 0.134. The highest BCUT2D eigenvalue weighted by atomic mass is 16.1. The molecule has 0 saturated heterocycles. The number of amides is 1. The molecule has 0 aromatic heterocycles. The Labute approximate surface area is 93.0 Å². The first-order valence-electron chi connectivity index (χ1n) is 5.41. The fraction of sp³-hybridized carbons (Fsp3) is 0.909. The molecule has 4 heteroatoms. The third-order valence-corrected chi connectivity index (χ3v) is 2.00. The van der Waals surface area contributed by atoms with Crippen molar-refractivity contribution in [3.63, 3.8) is 0 Å². The van der Waals surface area contributed by atoms with Gasteiger partial charge in [0.15, 0.2) is 0 Å². The summed E-state index contributed by atoms with van der Waals surface area (Å²) in [5.41, 5.74) is 5.08. The summed E-state index contributed by atoms with van der Waals surface area (Å²) < 4.78 is 0. The first kappa shape index (κ1) is 14.4. The molecule has 0 aliphatic carbocycles. The van der Waals surface area contributed by atoms with Crippen molar-refractivity contribution in [1.29, 1.82) is 0 Å². The summed E-state index contributed by atoms with van der Waals surface area (Å²) in [6, 6.07) is 0. The monoisotopic (exact) mass is 215 g/mol. The topological polar surface area (TPSA) is 67.2 Å². The van der Waals surface area contributed by atoms with E-state index in [9.17, 15) is 4.79 Å². The van der Waals surface area contributed by atoms with E-state index in [-0.39, 0.29) is 17.0 Å².